The van der Waals surface area contributed by atoms with Crippen LogP contribution in [0.1, 0.15) is 18.3 Å². The molecule has 0 fully saturated rings. The summed E-state index contributed by atoms with van der Waals surface area (Å²) >= 11 is 4.91. The molecule has 0 saturated carbocycles. The first-order valence-corrected chi connectivity index (χ1v) is 5.95. The van der Waals surface area contributed by atoms with Crippen LogP contribution >= 0.6 is 12.2 Å². The average Bonchev–Trinajstić information content (AvgIpc) is 2.76. The van der Waals surface area contributed by atoms with Gasteiger partial charge in [-0.15, -0.1) is 0 Å². The monoisotopic (exact) mass is 262 g/mol. The highest BCUT2D eigenvalue weighted by Crippen LogP contribution is 2.11. The van der Waals surface area contributed by atoms with Crippen LogP contribution in [0.25, 0.3) is 0 Å². The predicted octanol–water partition coefficient (Wildman–Crippen LogP) is 1.38. The van der Waals surface area contributed by atoms with Crippen molar-refractivity contribution < 1.29 is 0 Å². The normalized spacial score (nSPS) is 10.3. The van der Waals surface area contributed by atoms with E-state index in [4.69, 9.17) is 18.0 Å². The molecule has 0 amide bonds. The van der Waals surface area contributed by atoms with Gasteiger partial charge in [0, 0.05) is 24.5 Å². The second-order valence-electron chi connectivity index (χ2n) is 3.76. The van der Waals surface area contributed by atoms with Crippen LogP contribution in [0.4, 0.5) is 11.8 Å². The quantitative estimate of drug-likeness (QED) is 0.810. The fourth-order valence-corrected chi connectivity index (χ4v) is 1.57. The number of nitrogens with zero attached hydrogens (tertiary/aromatic N) is 4. The second kappa shape index (κ2) is 5.09. The van der Waals surface area contributed by atoms with Crippen molar-refractivity contribution in [1.82, 2.24) is 19.7 Å². The van der Waals surface area contributed by atoms with E-state index < -0.39 is 0 Å². The number of anilines is 2. The topological polar surface area (TPSA) is 81.7 Å². The lowest BCUT2D eigenvalue weighted by molar-refractivity contribution is 0.662. The highest BCUT2D eigenvalue weighted by Gasteiger charge is 2.06. The molecule has 0 atom stereocenters. The zero-order valence-electron chi connectivity index (χ0n) is 10.2. The first-order chi connectivity index (χ1) is 8.58. The van der Waals surface area contributed by atoms with E-state index in [1.54, 1.807) is 6.07 Å². The number of nitrogens with two attached hydrogens (primary N) is 1. The summed E-state index contributed by atoms with van der Waals surface area (Å²) in [6, 6.07) is 3.60. The molecule has 18 heavy (non-hydrogen) atoms. The van der Waals surface area contributed by atoms with Gasteiger partial charge in [0.15, 0.2) is 5.82 Å². The van der Waals surface area contributed by atoms with Gasteiger partial charge in [0.1, 0.15) is 10.7 Å². The number of rotatable bonds is 4. The number of thiocarbonyl (C=S) groups is 1. The molecule has 2 rings (SSSR count). The summed E-state index contributed by atoms with van der Waals surface area (Å²) in [6.45, 7) is 4.69. The molecule has 6 nitrogen and oxygen atoms in total. The standard InChI is InChI=1S/C11H14N6S/c1-3-17-5-4-9(16-17)15-11-13-7(2)6-8(14-11)10(12)18/h4-6H,3H2,1-2H3,(H2,12,18)(H,13,14,15,16). The SMILES string of the molecule is CCn1ccc(Nc2nc(C)cc(C(N)=S)n2)n1. The molecule has 0 bridgehead atoms. The summed E-state index contributed by atoms with van der Waals surface area (Å²) < 4.78 is 1.81. The molecule has 2 aromatic rings. The van der Waals surface area contributed by atoms with E-state index in [-0.39, 0.29) is 4.99 Å². The maximum atomic E-state index is 5.56. The van der Waals surface area contributed by atoms with Crippen LogP contribution in [-0.4, -0.2) is 24.7 Å². The summed E-state index contributed by atoms with van der Waals surface area (Å²) in [5.41, 5.74) is 6.91. The molecule has 2 aromatic heterocycles. The number of hydrogen-bond acceptors (Lipinski definition) is 5. The fraction of sp³-hybridized carbons (Fsp3) is 0.273. The smallest absolute Gasteiger partial charge is 0.229 e. The van der Waals surface area contributed by atoms with E-state index in [9.17, 15) is 0 Å². The van der Waals surface area contributed by atoms with Crippen LogP contribution in [0, 0.1) is 6.92 Å². The van der Waals surface area contributed by atoms with Gasteiger partial charge in [0.25, 0.3) is 0 Å². The van der Waals surface area contributed by atoms with Gasteiger partial charge in [-0.2, -0.15) is 5.10 Å². The summed E-state index contributed by atoms with van der Waals surface area (Å²) in [6.07, 6.45) is 1.88. The fourth-order valence-electron chi connectivity index (χ4n) is 1.47. The molecule has 3 N–H and O–H groups in total. The summed E-state index contributed by atoms with van der Waals surface area (Å²) in [5.74, 6) is 1.13. The Kier molecular flexibility index (Phi) is 3.52. The van der Waals surface area contributed by atoms with Crippen LogP contribution in [0.3, 0.4) is 0 Å². The van der Waals surface area contributed by atoms with Gasteiger partial charge >= 0.3 is 0 Å². The largest absolute Gasteiger partial charge is 0.388 e. The van der Waals surface area contributed by atoms with Gasteiger partial charge in [-0.3, -0.25) is 4.68 Å². The van der Waals surface area contributed by atoms with Crippen molar-refractivity contribution in [3.05, 3.63) is 29.7 Å². The molecule has 0 aliphatic rings. The van der Waals surface area contributed by atoms with E-state index >= 15 is 0 Å². The Balaban J connectivity index is 2.25. The van der Waals surface area contributed by atoms with Gasteiger partial charge in [0.05, 0.1) is 0 Å². The molecular weight excluding hydrogens is 248 g/mol. The van der Waals surface area contributed by atoms with Crippen LogP contribution in [0.15, 0.2) is 18.3 Å². The lowest BCUT2D eigenvalue weighted by Gasteiger charge is -2.05. The number of nitrogens with one attached hydrogen (secondary N) is 1. The van der Waals surface area contributed by atoms with Crippen molar-refractivity contribution in [1.29, 1.82) is 0 Å². The van der Waals surface area contributed by atoms with Gasteiger partial charge < -0.3 is 11.1 Å². The van der Waals surface area contributed by atoms with Gasteiger partial charge in [-0.25, -0.2) is 9.97 Å². The molecular formula is C11H14N6S. The lowest BCUT2D eigenvalue weighted by atomic mass is 10.3. The van der Waals surface area contributed by atoms with Crippen molar-refractivity contribution in [2.24, 2.45) is 5.73 Å². The van der Waals surface area contributed by atoms with Crippen molar-refractivity contribution in [3.63, 3.8) is 0 Å². The minimum absolute atomic E-state index is 0.252. The maximum absolute atomic E-state index is 5.56. The third-order valence-electron chi connectivity index (χ3n) is 2.31. The molecule has 0 spiro atoms. The third kappa shape index (κ3) is 2.80. The van der Waals surface area contributed by atoms with E-state index in [0.29, 0.717) is 17.5 Å². The minimum Gasteiger partial charge on any atom is -0.388 e. The molecule has 2 heterocycles. The molecule has 0 aliphatic carbocycles. The summed E-state index contributed by atoms with van der Waals surface area (Å²) in [4.78, 5) is 8.74. The Hall–Kier alpha value is -2.02. The Labute approximate surface area is 110 Å². The van der Waals surface area contributed by atoms with Gasteiger partial charge in [-0.05, 0) is 19.9 Å². The van der Waals surface area contributed by atoms with Crippen molar-refractivity contribution in [2.45, 2.75) is 20.4 Å². The Morgan fingerprint density at radius 3 is 2.89 bits per heavy atom. The maximum Gasteiger partial charge on any atom is 0.229 e. The molecule has 0 saturated heterocycles. The van der Waals surface area contributed by atoms with E-state index in [2.05, 4.69) is 20.4 Å². The Bertz CT molecular complexity index is 577. The van der Waals surface area contributed by atoms with Crippen LogP contribution in [0.2, 0.25) is 0 Å². The number of aryl methyl sites for hydroxylation is 2. The van der Waals surface area contributed by atoms with Crippen LogP contribution in [-0.2, 0) is 6.54 Å². The van der Waals surface area contributed by atoms with Crippen LogP contribution in [0.5, 0.6) is 0 Å². The molecule has 0 aliphatic heterocycles. The van der Waals surface area contributed by atoms with E-state index in [1.165, 1.54) is 0 Å². The minimum atomic E-state index is 0.252. The van der Waals surface area contributed by atoms with Crippen molar-refractivity contribution in [2.75, 3.05) is 5.32 Å². The Morgan fingerprint density at radius 1 is 1.50 bits per heavy atom. The zero-order chi connectivity index (χ0) is 13.1. The first-order valence-electron chi connectivity index (χ1n) is 5.54. The average molecular weight is 262 g/mol. The molecule has 94 valence electrons. The summed E-state index contributed by atoms with van der Waals surface area (Å²) in [7, 11) is 0. The molecule has 0 aromatic carbocycles. The van der Waals surface area contributed by atoms with Crippen molar-refractivity contribution >= 4 is 29.0 Å². The van der Waals surface area contributed by atoms with E-state index in [0.717, 1.165) is 12.2 Å². The van der Waals surface area contributed by atoms with Crippen LogP contribution < -0.4 is 11.1 Å². The van der Waals surface area contributed by atoms with Crippen molar-refractivity contribution in [3.8, 4) is 0 Å². The van der Waals surface area contributed by atoms with E-state index in [1.807, 2.05) is 30.8 Å². The number of hydrogen-bond donors (Lipinski definition) is 2. The summed E-state index contributed by atoms with van der Waals surface area (Å²) in [5, 5.41) is 7.32. The number of aromatic nitrogens is 4. The van der Waals surface area contributed by atoms with Gasteiger partial charge in [-0.1, -0.05) is 12.2 Å². The lowest BCUT2D eigenvalue weighted by Crippen LogP contribution is -2.14. The van der Waals surface area contributed by atoms with Gasteiger partial charge in [0.2, 0.25) is 5.95 Å². The predicted molar refractivity (Wildman–Crippen MR) is 73.8 cm³/mol. The first kappa shape index (κ1) is 12.4. The third-order valence-corrected chi connectivity index (χ3v) is 2.52. The second-order valence-corrected chi connectivity index (χ2v) is 4.20. The zero-order valence-corrected chi connectivity index (χ0v) is 11.0. The molecule has 0 radical (unpaired) electrons. The highest BCUT2D eigenvalue weighted by atomic mass is 32.1. The Morgan fingerprint density at radius 2 is 2.28 bits per heavy atom. The molecule has 0 unspecified atom stereocenters. The molecule has 7 heteroatoms. The highest BCUT2D eigenvalue weighted by molar-refractivity contribution is 7.80.